The molecule has 124 valence electrons. The summed E-state index contributed by atoms with van der Waals surface area (Å²) in [5.41, 5.74) is 1.79. The van der Waals surface area contributed by atoms with Crippen LogP contribution in [0.2, 0.25) is 5.02 Å². The smallest absolute Gasteiger partial charge is 0.268 e. The molecule has 0 unspecified atom stereocenters. The highest BCUT2D eigenvalue weighted by Gasteiger charge is 2.14. The molecular weight excluding hydrogens is 342 g/mol. The van der Waals surface area contributed by atoms with Crippen LogP contribution >= 0.6 is 22.9 Å². The number of hydrogen-bond donors (Lipinski definition) is 1. The molecule has 4 rings (SSSR count). The van der Waals surface area contributed by atoms with Gasteiger partial charge in [-0.1, -0.05) is 30.2 Å². The van der Waals surface area contributed by atoms with Gasteiger partial charge in [-0.2, -0.15) is 0 Å². The molecule has 1 aromatic carbocycles. The molecule has 4 nitrogen and oxygen atoms in total. The molecule has 1 saturated heterocycles. The number of rotatable bonds is 3. The number of fused-ring (bicyclic) bond motifs is 1. The van der Waals surface area contributed by atoms with Gasteiger partial charge in [0, 0.05) is 9.90 Å². The van der Waals surface area contributed by atoms with Crippen molar-refractivity contribution in [3.05, 3.63) is 51.5 Å². The zero-order chi connectivity index (χ0) is 16.5. The number of nitrogens with zero attached hydrogens (tertiary/aromatic N) is 2. The zero-order valence-corrected chi connectivity index (χ0v) is 14.8. The maximum absolute atomic E-state index is 12.4. The maximum Gasteiger partial charge on any atom is 0.268 e. The molecule has 2 aromatic heterocycles. The predicted molar refractivity (Wildman–Crippen MR) is 99.8 cm³/mol. The van der Waals surface area contributed by atoms with Crippen LogP contribution in [-0.2, 0) is 6.54 Å². The van der Waals surface area contributed by atoms with Crippen molar-refractivity contribution in [3.63, 3.8) is 0 Å². The number of piperidine rings is 1. The minimum atomic E-state index is -0.0442. The van der Waals surface area contributed by atoms with E-state index in [0.717, 1.165) is 41.4 Å². The van der Waals surface area contributed by atoms with Crippen molar-refractivity contribution in [3.8, 4) is 10.4 Å². The number of likely N-dealkylation sites (tertiary alicyclic amines) is 1. The van der Waals surface area contributed by atoms with Gasteiger partial charge in [0.05, 0.1) is 12.1 Å². The number of hydrogen-bond acceptors (Lipinski definition) is 4. The van der Waals surface area contributed by atoms with Gasteiger partial charge < -0.3 is 4.98 Å². The van der Waals surface area contributed by atoms with Crippen molar-refractivity contribution in [2.24, 2.45) is 0 Å². The van der Waals surface area contributed by atoms with Crippen molar-refractivity contribution >= 4 is 33.2 Å². The standard InChI is InChI=1S/C18H18ClN3OS/c19-13-6-4-12(5-7-13)15-10-14-17(24-15)18(23)21-16(20-14)11-22-8-2-1-3-9-22/h4-7,10H,1-3,8-9,11H2,(H,20,21,23). The molecule has 0 spiro atoms. The van der Waals surface area contributed by atoms with Crippen LogP contribution in [0.4, 0.5) is 0 Å². The first-order valence-electron chi connectivity index (χ1n) is 8.20. The Morgan fingerprint density at radius 1 is 1.17 bits per heavy atom. The number of benzene rings is 1. The van der Waals surface area contributed by atoms with Crippen LogP contribution in [0.3, 0.4) is 0 Å². The molecular formula is C18H18ClN3OS. The van der Waals surface area contributed by atoms with Gasteiger partial charge in [0.1, 0.15) is 10.5 Å². The molecule has 0 aliphatic carbocycles. The topological polar surface area (TPSA) is 49.0 Å². The van der Waals surface area contributed by atoms with E-state index in [0.29, 0.717) is 9.72 Å². The highest BCUT2D eigenvalue weighted by atomic mass is 35.5. The first-order valence-corrected chi connectivity index (χ1v) is 9.39. The van der Waals surface area contributed by atoms with E-state index in [1.54, 1.807) is 0 Å². The lowest BCUT2D eigenvalue weighted by Crippen LogP contribution is -2.30. The first-order chi connectivity index (χ1) is 11.7. The maximum atomic E-state index is 12.4. The van der Waals surface area contributed by atoms with Crippen LogP contribution in [0.25, 0.3) is 20.7 Å². The lowest BCUT2D eigenvalue weighted by molar-refractivity contribution is 0.216. The van der Waals surface area contributed by atoms with Crippen molar-refractivity contribution in [2.75, 3.05) is 13.1 Å². The Hall–Kier alpha value is -1.69. The van der Waals surface area contributed by atoms with Gasteiger partial charge in [0.15, 0.2) is 0 Å². The highest BCUT2D eigenvalue weighted by molar-refractivity contribution is 7.22. The van der Waals surface area contributed by atoms with Crippen molar-refractivity contribution < 1.29 is 0 Å². The monoisotopic (exact) mass is 359 g/mol. The van der Waals surface area contributed by atoms with Gasteiger partial charge in [-0.05, 0) is 49.7 Å². The summed E-state index contributed by atoms with van der Waals surface area (Å²) >= 11 is 7.42. The summed E-state index contributed by atoms with van der Waals surface area (Å²) in [6.07, 6.45) is 3.76. The molecule has 0 atom stereocenters. The summed E-state index contributed by atoms with van der Waals surface area (Å²) in [4.78, 5) is 23.4. The Morgan fingerprint density at radius 3 is 2.67 bits per heavy atom. The van der Waals surface area contributed by atoms with Crippen LogP contribution in [0.15, 0.2) is 35.1 Å². The molecule has 0 saturated carbocycles. The Kier molecular flexibility index (Phi) is 4.39. The summed E-state index contributed by atoms with van der Waals surface area (Å²) in [5, 5.41) is 0.708. The molecule has 6 heteroatoms. The summed E-state index contributed by atoms with van der Waals surface area (Å²) in [5.74, 6) is 0.759. The van der Waals surface area contributed by atoms with E-state index in [1.165, 1.54) is 30.6 Å². The van der Waals surface area contributed by atoms with Crippen LogP contribution in [-0.4, -0.2) is 28.0 Å². The van der Waals surface area contributed by atoms with Crippen LogP contribution in [0, 0.1) is 0 Å². The summed E-state index contributed by atoms with van der Waals surface area (Å²) < 4.78 is 0.683. The van der Waals surface area contributed by atoms with Gasteiger partial charge in [0.25, 0.3) is 5.56 Å². The molecule has 0 amide bonds. The van der Waals surface area contributed by atoms with Gasteiger partial charge in [-0.15, -0.1) is 11.3 Å². The molecule has 1 N–H and O–H groups in total. The average Bonchev–Trinajstić information content (AvgIpc) is 3.01. The number of halogens is 1. The zero-order valence-electron chi connectivity index (χ0n) is 13.2. The second kappa shape index (κ2) is 6.67. The summed E-state index contributed by atoms with van der Waals surface area (Å²) in [6, 6.07) is 9.66. The van der Waals surface area contributed by atoms with E-state index in [2.05, 4.69) is 14.9 Å². The minimum absolute atomic E-state index is 0.0442. The first kappa shape index (κ1) is 15.8. The summed E-state index contributed by atoms with van der Waals surface area (Å²) in [7, 11) is 0. The van der Waals surface area contributed by atoms with E-state index in [9.17, 15) is 4.79 Å². The SMILES string of the molecule is O=c1[nH]c(CN2CCCCC2)nc2cc(-c3ccc(Cl)cc3)sc12. The lowest BCUT2D eigenvalue weighted by atomic mass is 10.1. The Bertz CT molecular complexity index is 910. The minimum Gasteiger partial charge on any atom is -0.308 e. The number of aromatic nitrogens is 2. The van der Waals surface area contributed by atoms with Crippen molar-refractivity contribution in [1.82, 2.24) is 14.9 Å². The third-order valence-corrected chi connectivity index (χ3v) is 5.81. The molecule has 1 aliphatic rings. The number of thiophene rings is 1. The van der Waals surface area contributed by atoms with Crippen LogP contribution in [0.1, 0.15) is 25.1 Å². The summed E-state index contributed by atoms with van der Waals surface area (Å²) in [6.45, 7) is 2.89. The predicted octanol–water partition coefficient (Wildman–Crippen LogP) is 4.29. The van der Waals surface area contributed by atoms with Crippen molar-refractivity contribution in [1.29, 1.82) is 0 Å². The molecule has 0 bridgehead atoms. The fourth-order valence-electron chi connectivity index (χ4n) is 3.15. The Morgan fingerprint density at radius 2 is 1.92 bits per heavy atom. The highest BCUT2D eigenvalue weighted by Crippen LogP contribution is 2.31. The van der Waals surface area contributed by atoms with E-state index < -0.39 is 0 Å². The number of aromatic amines is 1. The second-order valence-electron chi connectivity index (χ2n) is 6.18. The van der Waals surface area contributed by atoms with Gasteiger partial charge in [-0.25, -0.2) is 4.98 Å². The number of nitrogens with one attached hydrogen (secondary N) is 1. The molecule has 3 aromatic rings. The molecule has 1 aliphatic heterocycles. The van der Waals surface area contributed by atoms with Crippen LogP contribution < -0.4 is 5.56 Å². The van der Waals surface area contributed by atoms with E-state index in [-0.39, 0.29) is 5.56 Å². The van der Waals surface area contributed by atoms with E-state index in [1.807, 2.05) is 30.3 Å². The Balaban J connectivity index is 1.67. The van der Waals surface area contributed by atoms with Gasteiger partial charge in [-0.3, -0.25) is 9.69 Å². The fourth-order valence-corrected chi connectivity index (χ4v) is 4.27. The van der Waals surface area contributed by atoms with Gasteiger partial charge in [0.2, 0.25) is 0 Å². The van der Waals surface area contributed by atoms with Gasteiger partial charge >= 0.3 is 0 Å². The average molecular weight is 360 g/mol. The normalized spacial score (nSPS) is 15.9. The Labute approximate surface area is 149 Å². The second-order valence-corrected chi connectivity index (χ2v) is 7.67. The largest absolute Gasteiger partial charge is 0.308 e. The molecule has 0 radical (unpaired) electrons. The van der Waals surface area contributed by atoms with Crippen molar-refractivity contribution in [2.45, 2.75) is 25.8 Å². The van der Waals surface area contributed by atoms with Crippen LogP contribution in [0.5, 0.6) is 0 Å². The molecule has 24 heavy (non-hydrogen) atoms. The molecule has 3 heterocycles. The van der Waals surface area contributed by atoms with E-state index in [4.69, 9.17) is 11.6 Å². The molecule has 1 fully saturated rings. The lowest BCUT2D eigenvalue weighted by Gasteiger charge is -2.25. The number of H-pyrrole nitrogens is 1. The van der Waals surface area contributed by atoms with E-state index >= 15 is 0 Å². The fraction of sp³-hybridized carbons (Fsp3) is 0.333. The quantitative estimate of drug-likeness (QED) is 0.758. The third-order valence-electron chi connectivity index (χ3n) is 4.38. The third kappa shape index (κ3) is 3.24.